The molecular formula is C16H17NO. The maximum atomic E-state index is 5.16. The minimum Gasteiger partial charge on any atom is -0.497 e. The van der Waals surface area contributed by atoms with Crippen LogP contribution in [0.25, 0.3) is 0 Å². The lowest BCUT2D eigenvalue weighted by molar-refractivity contribution is 0.415. The van der Waals surface area contributed by atoms with Crippen LogP contribution in [0.1, 0.15) is 11.1 Å². The molecule has 0 saturated heterocycles. The number of methoxy groups -OCH3 is 1. The summed E-state index contributed by atoms with van der Waals surface area (Å²) in [4.78, 5) is 0. The van der Waals surface area contributed by atoms with Gasteiger partial charge in [0, 0.05) is 11.7 Å². The summed E-state index contributed by atoms with van der Waals surface area (Å²) in [5, 5.41) is 3.58. The van der Waals surface area contributed by atoms with Gasteiger partial charge in [-0.05, 0) is 48.2 Å². The standard InChI is InChI=1S/C16H17NO/c1-18-16-8-6-14(7-9-16)17-15-10-12-4-2-3-5-13(12)11-15/h2-9,15,17H,10-11H2,1H3. The highest BCUT2D eigenvalue weighted by molar-refractivity contribution is 5.49. The lowest BCUT2D eigenvalue weighted by Gasteiger charge is -2.13. The van der Waals surface area contributed by atoms with Crippen molar-refractivity contribution in [2.24, 2.45) is 0 Å². The highest BCUT2D eigenvalue weighted by Crippen LogP contribution is 2.25. The van der Waals surface area contributed by atoms with Crippen molar-refractivity contribution in [1.29, 1.82) is 0 Å². The van der Waals surface area contributed by atoms with Gasteiger partial charge in [0.05, 0.1) is 7.11 Å². The molecule has 18 heavy (non-hydrogen) atoms. The highest BCUT2D eigenvalue weighted by Gasteiger charge is 2.20. The van der Waals surface area contributed by atoms with Crippen LogP contribution in [0.2, 0.25) is 0 Å². The summed E-state index contributed by atoms with van der Waals surface area (Å²) < 4.78 is 5.16. The molecule has 2 heteroatoms. The van der Waals surface area contributed by atoms with Crippen molar-refractivity contribution in [2.75, 3.05) is 12.4 Å². The van der Waals surface area contributed by atoms with Crippen LogP contribution in [0.5, 0.6) is 5.75 Å². The quantitative estimate of drug-likeness (QED) is 0.887. The van der Waals surface area contributed by atoms with E-state index in [1.54, 1.807) is 7.11 Å². The molecule has 1 aliphatic rings. The summed E-state index contributed by atoms with van der Waals surface area (Å²) in [6.45, 7) is 0. The van der Waals surface area contributed by atoms with Crippen LogP contribution in [0.15, 0.2) is 48.5 Å². The van der Waals surface area contributed by atoms with Crippen LogP contribution in [0.3, 0.4) is 0 Å². The summed E-state index contributed by atoms with van der Waals surface area (Å²) in [6.07, 6.45) is 2.23. The number of nitrogens with one attached hydrogen (secondary N) is 1. The average molecular weight is 239 g/mol. The zero-order chi connectivity index (χ0) is 12.4. The number of ether oxygens (including phenoxy) is 1. The lowest BCUT2D eigenvalue weighted by atomic mass is 10.1. The summed E-state index contributed by atoms with van der Waals surface area (Å²) >= 11 is 0. The Morgan fingerprint density at radius 2 is 1.56 bits per heavy atom. The van der Waals surface area contributed by atoms with Crippen LogP contribution in [-0.2, 0) is 12.8 Å². The summed E-state index contributed by atoms with van der Waals surface area (Å²) in [6, 6.07) is 17.3. The monoisotopic (exact) mass is 239 g/mol. The molecule has 0 fully saturated rings. The molecule has 0 aromatic heterocycles. The van der Waals surface area contributed by atoms with Crippen molar-refractivity contribution < 1.29 is 4.74 Å². The summed E-state index contributed by atoms with van der Waals surface area (Å²) in [7, 11) is 1.69. The first kappa shape index (κ1) is 11.1. The lowest BCUT2D eigenvalue weighted by Crippen LogP contribution is -2.19. The molecule has 0 atom stereocenters. The Morgan fingerprint density at radius 3 is 2.11 bits per heavy atom. The molecule has 2 nitrogen and oxygen atoms in total. The molecule has 2 aromatic carbocycles. The first-order chi connectivity index (χ1) is 8.85. The maximum absolute atomic E-state index is 5.16. The predicted octanol–water partition coefficient (Wildman–Crippen LogP) is 3.27. The molecule has 0 aliphatic heterocycles. The minimum atomic E-state index is 0.510. The second-order valence-electron chi connectivity index (χ2n) is 4.75. The SMILES string of the molecule is COc1ccc(NC2Cc3ccccc3C2)cc1. The predicted molar refractivity (Wildman–Crippen MR) is 74.3 cm³/mol. The number of fused-ring (bicyclic) bond motifs is 1. The summed E-state index contributed by atoms with van der Waals surface area (Å²) in [5.74, 6) is 0.898. The highest BCUT2D eigenvalue weighted by atomic mass is 16.5. The average Bonchev–Trinajstić information content (AvgIpc) is 2.82. The molecule has 0 unspecified atom stereocenters. The van der Waals surface area contributed by atoms with Crippen molar-refractivity contribution in [3.8, 4) is 5.75 Å². The number of rotatable bonds is 3. The van der Waals surface area contributed by atoms with Gasteiger partial charge in [0.1, 0.15) is 5.75 Å². The molecule has 0 radical (unpaired) electrons. The van der Waals surface area contributed by atoms with Gasteiger partial charge < -0.3 is 10.1 Å². The molecule has 0 amide bonds. The fourth-order valence-electron chi connectivity index (χ4n) is 2.58. The second kappa shape index (κ2) is 4.73. The fraction of sp³-hybridized carbons (Fsp3) is 0.250. The van der Waals surface area contributed by atoms with Crippen molar-refractivity contribution in [3.05, 3.63) is 59.7 Å². The maximum Gasteiger partial charge on any atom is 0.119 e. The van der Waals surface area contributed by atoms with E-state index in [9.17, 15) is 0 Å². The number of anilines is 1. The van der Waals surface area contributed by atoms with Crippen LogP contribution in [0.4, 0.5) is 5.69 Å². The van der Waals surface area contributed by atoms with Gasteiger partial charge in [0.15, 0.2) is 0 Å². The Balaban J connectivity index is 1.68. The Labute approximate surface area is 108 Å². The van der Waals surface area contributed by atoms with Gasteiger partial charge in [-0.25, -0.2) is 0 Å². The first-order valence-electron chi connectivity index (χ1n) is 6.32. The zero-order valence-corrected chi connectivity index (χ0v) is 10.5. The molecule has 1 aliphatic carbocycles. The largest absolute Gasteiger partial charge is 0.497 e. The van der Waals surface area contributed by atoms with Crippen LogP contribution >= 0.6 is 0 Å². The van der Waals surface area contributed by atoms with Crippen LogP contribution in [-0.4, -0.2) is 13.2 Å². The molecule has 0 saturated carbocycles. The molecule has 2 aromatic rings. The van der Waals surface area contributed by atoms with Gasteiger partial charge in [0.25, 0.3) is 0 Å². The summed E-state index contributed by atoms with van der Waals surface area (Å²) in [5.41, 5.74) is 4.11. The molecule has 3 rings (SSSR count). The first-order valence-corrected chi connectivity index (χ1v) is 6.32. The van der Waals surface area contributed by atoms with Gasteiger partial charge in [0.2, 0.25) is 0 Å². The van der Waals surface area contributed by atoms with Gasteiger partial charge in [-0.15, -0.1) is 0 Å². The van der Waals surface area contributed by atoms with Crippen molar-refractivity contribution in [3.63, 3.8) is 0 Å². The normalized spacial score (nSPS) is 14.3. The topological polar surface area (TPSA) is 21.3 Å². The minimum absolute atomic E-state index is 0.510. The van der Waals surface area contributed by atoms with Crippen molar-refractivity contribution in [1.82, 2.24) is 0 Å². The number of hydrogen-bond acceptors (Lipinski definition) is 2. The van der Waals surface area contributed by atoms with E-state index >= 15 is 0 Å². The molecule has 1 N–H and O–H groups in total. The molecular weight excluding hydrogens is 222 g/mol. The third-order valence-electron chi connectivity index (χ3n) is 3.51. The van der Waals surface area contributed by atoms with E-state index in [1.807, 2.05) is 12.1 Å². The fourth-order valence-corrected chi connectivity index (χ4v) is 2.58. The molecule has 0 bridgehead atoms. The third-order valence-corrected chi connectivity index (χ3v) is 3.51. The number of hydrogen-bond donors (Lipinski definition) is 1. The van der Waals surface area contributed by atoms with Crippen LogP contribution < -0.4 is 10.1 Å². The Bertz CT molecular complexity index is 508. The van der Waals surface area contributed by atoms with E-state index in [2.05, 4.69) is 41.7 Å². The van der Waals surface area contributed by atoms with Gasteiger partial charge >= 0.3 is 0 Å². The molecule has 92 valence electrons. The van der Waals surface area contributed by atoms with Crippen LogP contribution in [0, 0.1) is 0 Å². The van der Waals surface area contributed by atoms with Gasteiger partial charge in [-0.1, -0.05) is 24.3 Å². The van der Waals surface area contributed by atoms with Crippen molar-refractivity contribution in [2.45, 2.75) is 18.9 Å². The second-order valence-corrected chi connectivity index (χ2v) is 4.75. The Morgan fingerprint density at radius 1 is 0.944 bits per heavy atom. The number of benzene rings is 2. The smallest absolute Gasteiger partial charge is 0.119 e. The Kier molecular flexibility index (Phi) is 2.93. The van der Waals surface area contributed by atoms with E-state index in [1.165, 1.54) is 11.1 Å². The Hall–Kier alpha value is -1.96. The van der Waals surface area contributed by atoms with E-state index in [4.69, 9.17) is 4.74 Å². The zero-order valence-electron chi connectivity index (χ0n) is 10.5. The van der Waals surface area contributed by atoms with E-state index in [0.717, 1.165) is 24.3 Å². The van der Waals surface area contributed by atoms with E-state index in [0.29, 0.717) is 6.04 Å². The molecule has 0 spiro atoms. The van der Waals surface area contributed by atoms with Gasteiger partial charge in [-0.2, -0.15) is 0 Å². The van der Waals surface area contributed by atoms with E-state index in [-0.39, 0.29) is 0 Å². The van der Waals surface area contributed by atoms with Gasteiger partial charge in [-0.3, -0.25) is 0 Å². The third kappa shape index (κ3) is 2.19. The molecule has 0 heterocycles. The van der Waals surface area contributed by atoms with Crippen molar-refractivity contribution >= 4 is 5.69 Å². The van der Waals surface area contributed by atoms with E-state index < -0.39 is 0 Å².